The Labute approximate surface area is 126 Å². The molecule has 0 aliphatic carbocycles. The van der Waals surface area contributed by atoms with Crippen molar-refractivity contribution in [1.29, 1.82) is 0 Å². The molecule has 5 heteroatoms. The zero-order valence-corrected chi connectivity index (χ0v) is 13.0. The highest BCUT2D eigenvalue weighted by Crippen LogP contribution is 2.30. The molecule has 0 radical (unpaired) electrons. The number of halogens is 1. The molecule has 114 valence electrons. The Kier molecular flexibility index (Phi) is 8.11. The lowest BCUT2D eigenvalue weighted by atomic mass is 9.96. The van der Waals surface area contributed by atoms with Crippen LogP contribution >= 0.6 is 11.6 Å². The molecule has 0 bridgehead atoms. The fourth-order valence-electron chi connectivity index (χ4n) is 2.36. The quantitative estimate of drug-likeness (QED) is 0.733. The second-order valence-corrected chi connectivity index (χ2v) is 5.20. The van der Waals surface area contributed by atoms with Crippen LogP contribution in [0.5, 0.6) is 0 Å². The number of aliphatic hydroxyl groups excluding tert-OH is 1. The maximum Gasteiger partial charge on any atom is 0.0589 e. The van der Waals surface area contributed by atoms with E-state index in [1.54, 1.807) is 7.11 Å². The van der Waals surface area contributed by atoms with Gasteiger partial charge in [-0.15, -0.1) is 0 Å². The Bertz CT molecular complexity index is 390. The van der Waals surface area contributed by atoms with Gasteiger partial charge in [0, 0.05) is 31.3 Å². The van der Waals surface area contributed by atoms with E-state index in [0.29, 0.717) is 24.7 Å². The summed E-state index contributed by atoms with van der Waals surface area (Å²) in [5.74, 6) is 0. The first-order valence-corrected chi connectivity index (χ1v) is 7.37. The molecular weight excluding hydrogens is 276 g/mol. The molecule has 2 unspecified atom stereocenters. The van der Waals surface area contributed by atoms with Crippen molar-refractivity contribution in [3.8, 4) is 0 Å². The molecular formula is C15H25ClN2O2. The number of hydrogen-bond acceptors (Lipinski definition) is 4. The van der Waals surface area contributed by atoms with E-state index >= 15 is 0 Å². The number of nitrogens with two attached hydrogens (primary N) is 1. The van der Waals surface area contributed by atoms with Crippen molar-refractivity contribution in [2.45, 2.75) is 25.4 Å². The molecule has 3 N–H and O–H groups in total. The van der Waals surface area contributed by atoms with E-state index in [9.17, 15) is 5.11 Å². The van der Waals surface area contributed by atoms with Crippen LogP contribution in [0.2, 0.25) is 5.02 Å². The topological polar surface area (TPSA) is 58.7 Å². The lowest BCUT2D eigenvalue weighted by Gasteiger charge is -2.35. The Hall–Kier alpha value is -0.650. The van der Waals surface area contributed by atoms with Crippen LogP contribution in [-0.2, 0) is 4.74 Å². The van der Waals surface area contributed by atoms with E-state index in [1.807, 2.05) is 24.3 Å². The molecule has 20 heavy (non-hydrogen) atoms. The van der Waals surface area contributed by atoms with Gasteiger partial charge in [0.2, 0.25) is 0 Å². The SMILES string of the molecule is CCC(N)C(c1ccccc1Cl)N(CCO)CCOC. The van der Waals surface area contributed by atoms with Gasteiger partial charge in [0.15, 0.2) is 0 Å². The Morgan fingerprint density at radius 1 is 1.35 bits per heavy atom. The van der Waals surface area contributed by atoms with E-state index in [4.69, 9.17) is 22.1 Å². The first-order chi connectivity index (χ1) is 9.65. The number of methoxy groups -OCH3 is 1. The molecule has 0 aliphatic heterocycles. The van der Waals surface area contributed by atoms with Crippen LogP contribution in [0.4, 0.5) is 0 Å². The Morgan fingerprint density at radius 3 is 2.60 bits per heavy atom. The van der Waals surface area contributed by atoms with Crippen LogP contribution in [0.25, 0.3) is 0 Å². The zero-order chi connectivity index (χ0) is 15.0. The summed E-state index contributed by atoms with van der Waals surface area (Å²) in [6, 6.07) is 7.68. The van der Waals surface area contributed by atoms with Gasteiger partial charge in [-0.3, -0.25) is 4.90 Å². The van der Waals surface area contributed by atoms with Crippen molar-refractivity contribution in [2.24, 2.45) is 5.73 Å². The molecule has 0 aromatic heterocycles. The Balaban J connectivity index is 3.05. The summed E-state index contributed by atoms with van der Waals surface area (Å²) >= 11 is 6.32. The molecule has 0 saturated carbocycles. The summed E-state index contributed by atoms with van der Waals surface area (Å²) in [4.78, 5) is 2.14. The smallest absolute Gasteiger partial charge is 0.0589 e. The van der Waals surface area contributed by atoms with E-state index in [0.717, 1.165) is 12.0 Å². The minimum absolute atomic E-state index is 0.0176. The molecule has 4 nitrogen and oxygen atoms in total. The molecule has 2 atom stereocenters. The van der Waals surface area contributed by atoms with Crippen LogP contribution < -0.4 is 5.73 Å². The van der Waals surface area contributed by atoms with Crippen molar-refractivity contribution in [3.63, 3.8) is 0 Å². The first-order valence-electron chi connectivity index (χ1n) is 6.99. The predicted molar refractivity (Wildman–Crippen MR) is 83.0 cm³/mol. The normalized spacial score (nSPS) is 14.5. The Morgan fingerprint density at radius 2 is 2.05 bits per heavy atom. The third-order valence-electron chi connectivity index (χ3n) is 3.46. The molecule has 0 amide bonds. The van der Waals surface area contributed by atoms with Crippen LogP contribution in [0, 0.1) is 0 Å². The number of ether oxygens (including phenoxy) is 1. The second kappa shape index (κ2) is 9.32. The number of hydrogen-bond donors (Lipinski definition) is 2. The highest BCUT2D eigenvalue weighted by atomic mass is 35.5. The summed E-state index contributed by atoms with van der Waals surface area (Å²) in [5.41, 5.74) is 7.31. The largest absolute Gasteiger partial charge is 0.395 e. The standard InChI is InChI=1S/C15H25ClN2O2/c1-3-14(17)15(12-6-4-5-7-13(12)16)18(8-10-19)9-11-20-2/h4-7,14-15,19H,3,8-11,17H2,1-2H3. The minimum Gasteiger partial charge on any atom is -0.395 e. The highest BCUT2D eigenvalue weighted by molar-refractivity contribution is 6.31. The number of nitrogens with zero attached hydrogens (tertiary/aromatic N) is 1. The van der Waals surface area contributed by atoms with E-state index in [1.165, 1.54) is 0 Å². The van der Waals surface area contributed by atoms with E-state index < -0.39 is 0 Å². The molecule has 1 rings (SSSR count). The van der Waals surface area contributed by atoms with Crippen molar-refractivity contribution >= 4 is 11.6 Å². The van der Waals surface area contributed by atoms with Crippen molar-refractivity contribution in [2.75, 3.05) is 33.4 Å². The summed E-state index contributed by atoms with van der Waals surface area (Å²) in [5, 5.41) is 10.0. The molecule has 1 aromatic rings. The summed E-state index contributed by atoms with van der Waals surface area (Å²) < 4.78 is 5.15. The summed E-state index contributed by atoms with van der Waals surface area (Å²) in [6.07, 6.45) is 0.838. The number of aliphatic hydroxyl groups is 1. The predicted octanol–water partition coefficient (Wildman–Crippen LogP) is 2.06. The molecule has 1 aromatic carbocycles. The van der Waals surface area contributed by atoms with Gasteiger partial charge >= 0.3 is 0 Å². The van der Waals surface area contributed by atoms with Gasteiger partial charge in [-0.25, -0.2) is 0 Å². The average molecular weight is 301 g/mol. The van der Waals surface area contributed by atoms with E-state index in [-0.39, 0.29) is 18.7 Å². The second-order valence-electron chi connectivity index (χ2n) is 4.79. The molecule has 0 heterocycles. The lowest BCUT2D eigenvalue weighted by molar-refractivity contribution is 0.0899. The van der Waals surface area contributed by atoms with Gasteiger partial charge in [0.1, 0.15) is 0 Å². The fraction of sp³-hybridized carbons (Fsp3) is 0.600. The monoisotopic (exact) mass is 300 g/mol. The lowest BCUT2D eigenvalue weighted by Crippen LogP contribution is -2.43. The molecule has 0 saturated heterocycles. The zero-order valence-electron chi connectivity index (χ0n) is 12.3. The van der Waals surface area contributed by atoms with Crippen molar-refractivity contribution in [1.82, 2.24) is 4.90 Å². The maximum atomic E-state index is 9.30. The van der Waals surface area contributed by atoms with Gasteiger partial charge in [-0.05, 0) is 18.1 Å². The summed E-state index contributed by atoms with van der Waals surface area (Å²) in [7, 11) is 1.67. The van der Waals surface area contributed by atoms with Gasteiger partial charge in [-0.2, -0.15) is 0 Å². The van der Waals surface area contributed by atoms with Crippen LogP contribution in [0.15, 0.2) is 24.3 Å². The molecule has 0 fully saturated rings. The fourth-order valence-corrected chi connectivity index (χ4v) is 2.61. The van der Waals surface area contributed by atoms with Crippen molar-refractivity contribution in [3.05, 3.63) is 34.9 Å². The van der Waals surface area contributed by atoms with Crippen molar-refractivity contribution < 1.29 is 9.84 Å². The van der Waals surface area contributed by atoms with Gasteiger partial charge in [-0.1, -0.05) is 36.7 Å². The van der Waals surface area contributed by atoms with Gasteiger partial charge in [0.25, 0.3) is 0 Å². The van der Waals surface area contributed by atoms with Crippen LogP contribution in [0.3, 0.4) is 0 Å². The van der Waals surface area contributed by atoms with E-state index in [2.05, 4.69) is 11.8 Å². The highest BCUT2D eigenvalue weighted by Gasteiger charge is 2.26. The minimum atomic E-state index is -0.0432. The molecule has 0 aliphatic rings. The van der Waals surface area contributed by atoms with Gasteiger partial charge in [0.05, 0.1) is 19.3 Å². The average Bonchev–Trinajstić information content (AvgIpc) is 2.46. The third kappa shape index (κ3) is 4.72. The van der Waals surface area contributed by atoms with Crippen LogP contribution in [0.1, 0.15) is 24.9 Å². The summed E-state index contributed by atoms with van der Waals surface area (Å²) in [6.45, 7) is 3.99. The maximum absolute atomic E-state index is 9.30. The number of rotatable bonds is 9. The third-order valence-corrected chi connectivity index (χ3v) is 3.81. The molecule has 0 spiro atoms. The number of benzene rings is 1. The first kappa shape index (κ1) is 17.4. The van der Waals surface area contributed by atoms with Crippen LogP contribution in [-0.4, -0.2) is 49.5 Å². The van der Waals surface area contributed by atoms with Gasteiger partial charge < -0.3 is 15.6 Å².